The van der Waals surface area contributed by atoms with Gasteiger partial charge in [0.25, 0.3) is 6.02 Å². The minimum atomic E-state index is -2.50. The molecule has 0 saturated heterocycles. The molecule has 29 heavy (non-hydrogen) atoms. The van der Waals surface area contributed by atoms with Crippen molar-refractivity contribution in [2.24, 2.45) is 22.1 Å². The van der Waals surface area contributed by atoms with Crippen LogP contribution in [-0.4, -0.2) is 30.7 Å². The molecule has 2 aliphatic carbocycles. The second kappa shape index (κ2) is 6.52. The fraction of sp³-hybridized carbons (Fsp3) is 0.478. The molecule has 2 spiro atoms. The van der Waals surface area contributed by atoms with Crippen molar-refractivity contribution >= 4 is 6.02 Å². The first-order chi connectivity index (χ1) is 15.9. The van der Waals surface area contributed by atoms with E-state index < -0.39 is 36.5 Å². The molecule has 1 aromatic carbocycles. The summed E-state index contributed by atoms with van der Waals surface area (Å²) in [6.07, 6.45) is 4.17. The number of rotatable bonds is 2. The van der Waals surface area contributed by atoms with Gasteiger partial charge >= 0.3 is 0 Å². The summed E-state index contributed by atoms with van der Waals surface area (Å²) < 4.78 is 64.9. The van der Waals surface area contributed by atoms with E-state index in [0.717, 1.165) is 11.8 Å². The van der Waals surface area contributed by atoms with Crippen LogP contribution in [0.15, 0.2) is 41.7 Å². The third-order valence-corrected chi connectivity index (χ3v) is 6.82. The van der Waals surface area contributed by atoms with Crippen LogP contribution in [0, 0.1) is 17.2 Å². The van der Waals surface area contributed by atoms with Gasteiger partial charge in [0.1, 0.15) is 17.9 Å². The number of hydrogen-bond donors (Lipinski definition) is 1. The Bertz CT molecular complexity index is 1170. The lowest BCUT2D eigenvalue weighted by Crippen LogP contribution is -2.48. The predicted molar refractivity (Wildman–Crippen MR) is 109 cm³/mol. The lowest BCUT2D eigenvalue weighted by molar-refractivity contribution is -0.0445. The molecule has 1 saturated carbocycles. The standard InChI is InChI=1S/C23H26FN3O2/c1-14-9-22(6-5-20(14)28-2)10-16-4-3-15(17-7-18(24)12-26-11-17)8-19(16)23(22)13-29-21(25)27-23/h3-4,7-8,11-12,14,20H,5-6,9-10,13H2,1-2H3,(H2,25,27)/t14-,20-,22-,23+/m1/s1/i2D3,13D2. The maximum Gasteiger partial charge on any atom is 0.283 e. The summed E-state index contributed by atoms with van der Waals surface area (Å²) in [5, 5.41) is 0. The normalized spacial score (nSPS) is 37.7. The maximum atomic E-state index is 13.8. The quantitative estimate of drug-likeness (QED) is 0.832. The number of nitrogens with zero attached hydrogens (tertiary/aromatic N) is 2. The molecule has 0 bridgehead atoms. The number of hydrogen-bond acceptors (Lipinski definition) is 5. The summed E-state index contributed by atoms with van der Waals surface area (Å²) >= 11 is 0. The van der Waals surface area contributed by atoms with Crippen LogP contribution in [0.3, 0.4) is 0 Å². The van der Waals surface area contributed by atoms with Crippen molar-refractivity contribution in [3.63, 3.8) is 0 Å². The van der Waals surface area contributed by atoms with Gasteiger partial charge in [0.2, 0.25) is 0 Å². The van der Waals surface area contributed by atoms with Gasteiger partial charge in [-0.05, 0) is 60.4 Å². The number of methoxy groups -OCH3 is 1. The number of nitrogens with two attached hydrogens (primary N) is 1. The lowest BCUT2D eigenvalue weighted by atomic mass is 9.59. The Morgan fingerprint density at radius 1 is 1.34 bits per heavy atom. The smallest absolute Gasteiger partial charge is 0.283 e. The minimum Gasteiger partial charge on any atom is -0.462 e. The maximum absolute atomic E-state index is 13.8. The molecule has 6 heteroatoms. The van der Waals surface area contributed by atoms with Crippen LogP contribution in [0.2, 0.25) is 0 Å². The second-order valence-electron chi connectivity index (χ2n) is 8.46. The molecule has 152 valence electrons. The average Bonchev–Trinajstić information content (AvgIpc) is 3.13. The summed E-state index contributed by atoms with van der Waals surface area (Å²) in [5.74, 6) is -0.618. The van der Waals surface area contributed by atoms with Crippen LogP contribution >= 0.6 is 0 Å². The molecule has 4 atom stereocenters. The third-order valence-electron chi connectivity index (χ3n) is 6.82. The summed E-state index contributed by atoms with van der Waals surface area (Å²) in [6, 6.07) is 6.78. The second-order valence-corrected chi connectivity index (χ2v) is 8.46. The van der Waals surface area contributed by atoms with Crippen LogP contribution in [-0.2, 0) is 21.4 Å². The number of fused-ring (bicyclic) bond motifs is 3. The zero-order valence-corrected chi connectivity index (χ0v) is 16.1. The highest BCUT2D eigenvalue weighted by molar-refractivity contribution is 5.76. The predicted octanol–water partition coefficient (Wildman–Crippen LogP) is 3.81. The van der Waals surface area contributed by atoms with Gasteiger partial charge in [-0.25, -0.2) is 9.38 Å². The van der Waals surface area contributed by atoms with Crippen molar-refractivity contribution in [1.82, 2.24) is 4.98 Å². The van der Waals surface area contributed by atoms with E-state index in [1.807, 2.05) is 25.1 Å². The number of pyridine rings is 1. The van der Waals surface area contributed by atoms with E-state index in [0.29, 0.717) is 42.4 Å². The monoisotopic (exact) mass is 400 g/mol. The zero-order valence-electron chi connectivity index (χ0n) is 21.1. The van der Waals surface area contributed by atoms with Crippen molar-refractivity contribution in [1.29, 1.82) is 0 Å². The Hall–Kier alpha value is -2.47. The number of ether oxygens (including phenoxy) is 2. The van der Waals surface area contributed by atoms with E-state index >= 15 is 0 Å². The van der Waals surface area contributed by atoms with Crippen LogP contribution < -0.4 is 5.73 Å². The van der Waals surface area contributed by atoms with Gasteiger partial charge in [0.15, 0.2) is 0 Å². The Balaban J connectivity index is 1.62. The summed E-state index contributed by atoms with van der Waals surface area (Å²) in [6.45, 7) is -0.297. The van der Waals surface area contributed by atoms with Crippen molar-refractivity contribution in [3.05, 3.63) is 53.6 Å². The van der Waals surface area contributed by atoms with Crippen molar-refractivity contribution < 1.29 is 20.7 Å². The van der Waals surface area contributed by atoms with Gasteiger partial charge in [-0.2, -0.15) is 0 Å². The first kappa shape index (κ1) is 13.7. The fourth-order valence-electron chi connectivity index (χ4n) is 5.49. The Labute approximate surface area is 177 Å². The molecule has 1 aliphatic heterocycles. The van der Waals surface area contributed by atoms with Crippen molar-refractivity contribution in [3.8, 4) is 11.1 Å². The first-order valence-electron chi connectivity index (χ1n) is 12.3. The minimum absolute atomic E-state index is 0.153. The Kier molecular flexibility index (Phi) is 3.08. The summed E-state index contributed by atoms with van der Waals surface area (Å²) in [4.78, 5) is 8.57. The number of aromatic nitrogens is 1. The van der Waals surface area contributed by atoms with Crippen LogP contribution in [0.4, 0.5) is 4.39 Å². The van der Waals surface area contributed by atoms with E-state index in [1.165, 1.54) is 6.07 Å². The van der Waals surface area contributed by atoms with Crippen molar-refractivity contribution in [2.45, 2.75) is 44.2 Å². The molecule has 0 amide bonds. The molecule has 2 aromatic rings. The highest BCUT2D eigenvalue weighted by Gasteiger charge is 2.62. The molecular weight excluding hydrogens is 369 g/mol. The Morgan fingerprint density at radius 2 is 2.24 bits per heavy atom. The fourth-order valence-corrected chi connectivity index (χ4v) is 5.49. The summed E-state index contributed by atoms with van der Waals surface area (Å²) in [5.41, 5.74) is 6.67. The molecule has 5 rings (SSSR count). The topological polar surface area (TPSA) is 69.7 Å². The number of benzene rings is 1. The highest BCUT2D eigenvalue weighted by Crippen LogP contribution is 2.62. The van der Waals surface area contributed by atoms with E-state index in [1.54, 1.807) is 6.20 Å². The molecule has 1 aromatic heterocycles. The van der Waals surface area contributed by atoms with E-state index in [9.17, 15) is 4.39 Å². The van der Waals surface area contributed by atoms with Gasteiger partial charge in [0, 0.05) is 24.2 Å². The molecule has 0 radical (unpaired) electrons. The molecule has 2 heterocycles. The van der Waals surface area contributed by atoms with Crippen LogP contribution in [0.5, 0.6) is 0 Å². The van der Waals surface area contributed by atoms with E-state index in [-0.39, 0.29) is 11.9 Å². The highest BCUT2D eigenvalue weighted by atomic mass is 19.1. The molecule has 0 unspecified atom stereocenters. The third kappa shape index (κ3) is 2.69. The number of halogens is 1. The average molecular weight is 401 g/mol. The van der Waals surface area contributed by atoms with Gasteiger partial charge in [-0.3, -0.25) is 4.98 Å². The van der Waals surface area contributed by atoms with Gasteiger partial charge < -0.3 is 15.2 Å². The first-order valence-corrected chi connectivity index (χ1v) is 9.82. The number of aliphatic imine (C=N–C) groups is 1. The zero-order chi connectivity index (χ0) is 24.5. The lowest BCUT2D eigenvalue weighted by Gasteiger charge is -2.47. The Morgan fingerprint density at radius 3 is 2.97 bits per heavy atom. The molecule has 1 fully saturated rings. The van der Waals surface area contributed by atoms with Gasteiger partial charge in [0.05, 0.1) is 19.2 Å². The van der Waals surface area contributed by atoms with E-state index in [2.05, 4.69) is 9.98 Å². The SMILES string of the molecule is [2H]C([2H])([2H])O[C@@H]1CC[C@]2(Cc3ccc(-c4cncc(F)c4)cc3[C@]23N=C(N)OC3([2H])[2H])C[C@H]1C. The molecule has 5 nitrogen and oxygen atoms in total. The largest absolute Gasteiger partial charge is 0.462 e. The van der Waals surface area contributed by atoms with Crippen molar-refractivity contribution in [2.75, 3.05) is 13.6 Å². The molecule has 3 aliphatic rings. The van der Waals surface area contributed by atoms with E-state index in [4.69, 9.17) is 22.1 Å². The van der Waals surface area contributed by atoms with Crippen LogP contribution in [0.25, 0.3) is 11.1 Å². The number of amidine groups is 1. The van der Waals surface area contributed by atoms with Gasteiger partial charge in [-0.1, -0.05) is 19.1 Å². The van der Waals surface area contributed by atoms with Crippen LogP contribution in [0.1, 0.15) is 44.2 Å². The molecule has 2 N–H and O–H groups in total. The van der Waals surface area contributed by atoms with Gasteiger partial charge in [-0.15, -0.1) is 0 Å². The summed E-state index contributed by atoms with van der Waals surface area (Å²) in [7, 11) is -2.50. The molecular formula is C23H26FN3O2.